The maximum atomic E-state index is 9.82. The lowest BCUT2D eigenvalue weighted by Crippen LogP contribution is -1.63. The number of para-hydroxylation sites is 1. The molecule has 0 fully saturated rings. The minimum Gasteiger partial charge on any atom is -0.508 e. The van der Waals surface area contributed by atoms with Gasteiger partial charge in [0.25, 0.3) is 0 Å². The van der Waals surface area contributed by atoms with Gasteiger partial charge in [-0.3, -0.25) is 0 Å². The predicted molar refractivity (Wildman–Crippen MR) is 67.1 cm³/mol. The molecule has 6 heteroatoms. The van der Waals surface area contributed by atoms with E-state index in [2.05, 4.69) is 10.4 Å². The van der Waals surface area contributed by atoms with Gasteiger partial charge in [-0.1, -0.05) is 12.1 Å². The van der Waals surface area contributed by atoms with Crippen LogP contribution in [0.1, 0.15) is 0 Å². The van der Waals surface area contributed by atoms with Gasteiger partial charge in [-0.15, -0.1) is 9.81 Å². The van der Waals surface area contributed by atoms with Gasteiger partial charge in [0.15, 0.2) is 0 Å². The number of aromatic hydroxyl groups is 2. The van der Waals surface area contributed by atoms with E-state index in [4.69, 9.17) is 10.2 Å². The van der Waals surface area contributed by atoms with Gasteiger partial charge < -0.3 is 10.2 Å². The molecule has 2 N–H and O–H groups in total. The number of hydrogen-bond donors (Lipinski definition) is 2. The number of phenols is 2. The molecule has 0 atom stereocenters. The quantitative estimate of drug-likeness (QED) is 0.791. The Hall–Kier alpha value is -2.76. The zero-order valence-electron chi connectivity index (χ0n) is 9.22. The van der Waals surface area contributed by atoms with E-state index >= 15 is 0 Å². The molecule has 2 aromatic rings. The second-order valence-electron chi connectivity index (χ2n) is 3.19. The molecule has 0 saturated heterocycles. The Morgan fingerprint density at radius 3 is 1.83 bits per heavy atom. The molecule has 92 valence electrons. The van der Waals surface area contributed by atoms with Crippen LogP contribution < -0.4 is 0 Å². The van der Waals surface area contributed by atoms with Gasteiger partial charge >= 0.3 is 0 Å². The molecule has 0 aliphatic carbocycles. The van der Waals surface area contributed by atoms with E-state index in [0.717, 1.165) is 0 Å². The van der Waals surface area contributed by atoms with Crippen LogP contribution in [0.2, 0.25) is 0 Å². The molecule has 0 radical (unpaired) electrons. The first-order valence-corrected chi connectivity index (χ1v) is 4.91. The molecule has 0 heterocycles. The Bertz CT molecular complexity index is 526. The Morgan fingerprint density at radius 2 is 1.39 bits per heavy atom. The number of nitrogens with zero attached hydrogens (tertiary/aromatic N) is 2. The van der Waals surface area contributed by atoms with Crippen molar-refractivity contribution < 1.29 is 10.2 Å². The van der Waals surface area contributed by atoms with Crippen molar-refractivity contribution in [2.75, 3.05) is 0 Å². The van der Waals surface area contributed by atoms with Crippen molar-refractivity contribution >= 4 is 11.4 Å². The van der Waals surface area contributed by atoms with Gasteiger partial charge in [0, 0.05) is 0 Å². The van der Waals surface area contributed by atoms with Crippen LogP contribution in [0.5, 0.6) is 11.5 Å². The Labute approximate surface area is 102 Å². The van der Waals surface area contributed by atoms with Crippen molar-refractivity contribution in [1.29, 1.82) is 0 Å². The monoisotopic (exact) mass is 246 g/mol. The van der Waals surface area contributed by atoms with E-state index in [-0.39, 0.29) is 17.2 Å². The third-order valence-electron chi connectivity index (χ3n) is 1.94. The molecular formula is C12H10N2O4. The first kappa shape index (κ1) is 13.3. The topological polar surface area (TPSA) is 99.3 Å². The van der Waals surface area contributed by atoms with Gasteiger partial charge in [0.1, 0.15) is 22.9 Å². The number of nitroso groups, excluding NO2 is 2. The highest BCUT2D eigenvalue weighted by molar-refractivity contribution is 5.49. The molecule has 18 heavy (non-hydrogen) atoms. The molecule has 0 amide bonds. The zero-order valence-corrected chi connectivity index (χ0v) is 9.22. The Morgan fingerprint density at radius 1 is 0.778 bits per heavy atom. The maximum absolute atomic E-state index is 9.82. The van der Waals surface area contributed by atoms with Crippen molar-refractivity contribution in [3.8, 4) is 11.5 Å². The van der Waals surface area contributed by atoms with Gasteiger partial charge in [-0.05, 0) is 46.8 Å². The normalized spacial score (nSPS) is 8.89. The second-order valence-corrected chi connectivity index (χ2v) is 3.19. The summed E-state index contributed by atoms with van der Waals surface area (Å²) in [5, 5.41) is 22.7. The van der Waals surface area contributed by atoms with Crippen LogP contribution in [0, 0.1) is 9.81 Å². The van der Waals surface area contributed by atoms with E-state index in [1.807, 2.05) is 0 Å². The second kappa shape index (κ2) is 6.74. The Balaban J connectivity index is 0.000000180. The van der Waals surface area contributed by atoms with Crippen molar-refractivity contribution in [2.24, 2.45) is 10.4 Å². The average Bonchev–Trinajstić information content (AvgIpc) is 2.41. The largest absolute Gasteiger partial charge is 0.508 e. The average molecular weight is 246 g/mol. The minimum absolute atomic E-state index is 0.0764. The summed E-state index contributed by atoms with van der Waals surface area (Å²) in [6, 6.07) is 11.8. The van der Waals surface area contributed by atoms with Crippen LogP contribution >= 0.6 is 0 Å². The summed E-state index contributed by atoms with van der Waals surface area (Å²) in [7, 11) is 0. The fourth-order valence-corrected chi connectivity index (χ4v) is 1.05. The van der Waals surface area contributed by atoms with Crippen molar-refractivity contribution in [2.45, 2.75) is 0 Å². The fourth-order valence-electron chi connectivity index (χ4n) is 1.05. The molecule has 0 bridgehead atoms. The van der Waals surface area contributed by atoms with Crippen LogP contribution in [0.4, 0.5) is 11.4 Å². The van der Waals surface area contributed by atoms with E-state index in [1.165, 1.54) is 36.4 Å². The third kappa shape index (κ3) is 4.01. The molecular weight excluding hydrogens is 236 g/mol. The molecule has 0 aliphatic heterocycles. The molecule has 0 saturated carbocycles. The van der Waals surface area contributed by atoms with Gasteiger partial charge in [0.05, 0.1) is 0 Å². The lowest BCUT2D eigenvalue weighted by Gasteiger charge is -1.89. The van der Waals surface area contributed by atoms with E-state index < -0.39 is 0 Å². The lowest BCUT2D eigenvalue weighted by atomic mass is 10.3. The van der Waals surface area contributed by atoms with Crippen LogP contribution in [0.3, 0.4) is 0 Å². The van der Waals surface area contributed by atoms with Crippen molar-refractivity contribution in [3.05, 3.63) is 58.3 Å². The summed E-state index contributed by atoms with van der Waals surface area (Å²) in [6.07, 6.45) is 0. The highest BCUT2D eigenvalue weighted by Crippen LogP contribution is 2.23. The lowest BCUT2D eigenvalue weighted by molar-refractivity contribution is 0.475. The summed E-state index contributed by atoms with van der Waals surface area (Å²) in [5.41, 5.74) is 0.408. The van der Waals surface area contributed by atoms with Crippen molar-refractivity contribution in [1.82, 2.24) is 0 Å². The summed E-state index contributed by atoms with van der Waals surface area (Å²) in [6.45, 7) is 0. The van der Waals surface area contributed by atoms with Crippen LogP contribution in [0.25, 0.3) is 0 Å². The van der Waals surface area contributed by atoms with Gasteiger partial charge in [-0.25, -0.2) is 0 Å². The number of rotatable bonds is 2. The maximum Gasteiger partial charge on any atom is 0.149 e. The Kier molecular flexibility index (Phi) is 4.98. The summed E-state index contributed by atoms with van der Waals surface area (Å²) in [4.78, 5) is 19.6. The molecule has 2 rings (SSSR count). The molecule has 2 aromatic carbocycles. The molecule has 6 nitrogen and oxygen atoms in total. The molecule has 0 spiro atoms. The summed E-state index contributed by atoms with van der Waals surface area (Å²) in [5.74, 6) is 0.0647. The van der Waals surface area contributed by atoms with E-state index in [9.17, 15) is 9.81 Å². The van der Waals surface area contributed by atoms with E-state index in [0.29, 0.717) is 5.69 Å². The molecule has 0 unspecified atom stereocenters. The van der Waals surface area contributed by atoms with E-state index in [1.54, 1.807) is 12.1 Å². The van der Waals surface area contributed by atoms with Gasteiger partial charge in [0.2, 0.25) is 0 Å². The summed E-state index contributed by atoms with van der Waals surface area (Å²) >= 11 is 0. The number of phenolic OH excluding ortho intramolecular Hbond substituents is 2. The predicted octanol–water partition coefficient (Wildman–Crippen LogP) is 3.58. The smallest absolute Gasteiger partial charge is 0.149 e. The highest BCUT2D eigenvalue weighted by atomic mass is 16.3. The third-order valence-corrected chi connectivity index (χ3v) is 1.94. The zero-order chi connectivity index (χ0) is 13.4. The van der Waals surface area contributed by atoms with Crippen molar-refractivity contribution in [3.63, 3.8) is 0 Å². The first-order valence-electron chi connectivity index (χ1n) is 4.91. The van der Waals surface area contributed by atoms with Gasteiger partial charge in [-0.2, -0.15) is 0 Å². The minimum atomic E-state index is -0.0764. The highest BCUT2D eigenvalue weighted by Gasteiger charge is 1.94. The van der Waals surface area contributed by atoms with Crippen LogP contribution in [0.15, 0.2) is 58.9 Å². The molecule has 0 aliphatic rings. The first-order chi connectivity index (χ1) is 8.67. The van der Waals surface area contributed by atoms with Crippen LogP contribution in [-0.2, 0) is 0 Å². The standard InChI is InChI=1S/2C6H5NO2/c8-6-3-1-5(7-9)2-4-6;8-6-4-2-1-3-5(6)7-9/h2*1-4,8H. The van der Waals surface area contributed by atoms with Crippen LogP contribution in [-0.4, -0.2) is 10.2 Å². The fraction of sp³-hybridized carbons (Fsp3) is 0. The number of hydrogen-bond acceptors (Lipinski definition) is 6. The number of benzene rings is 2. The summed E-state index contributed by atoms with van der Waals surface area (Å²) < 4.78 is 0. The SMILES string of the molecule is O=Nc1ccc(O)cc1.O=Nc1ccccc1O. The molecule has 0 aromatic heterocycles.